The zero-order chi connectivity index (χ0) is 15.7. The number of fused-ring (bicyclic) bond motifs is 1. The molecule has 3 aromatic rings. The van der Waals surface area contributed by atoms with E-state index < -0.39 is 15.7 Å². The Kier molecular flexibility index (Phi) is 3.46. The molecule has 1 aromatic heterocycles. The molecule has 0 bridgehead atoms. The van der Waals surface area contributed by atoms with Gasteiger partial charge in [-0.1, -0.05) is 17.7 Å². The molecule has 0 fully saturated rings. The SMILES string of the molecule is Cc1ccc(OS(=O)(=O)c2ccc3oc(=O)ccc3c2)cc1. The van der Waals surface area contributed by atoms with E-state index in [0.717, 1.165) is 5.56 Å². The van der Waals surface area contributed by atoms with Crippen LogP contribution in [-0.4, -0.2) is 8.42 Å². The predicted molar refractivity (Wildman–Crippen MR) is 81.5 cm³/mol. The molecule has 5 nitrogen and oxygen atoms in total. The van der Waals surface area contributed by atoms with Gasteiger partial charge in [-0.2, -0.15) is 8.42 Å². The Bertz CT molecular complexity index is 985. The topological polar surface area (TPSA) is 73.6 Å². The van der Waals surface area contributed by atoms with Gasteiger partial charge in [0.05, 0.1) is 0 Å². The van der Waals surface area contributed by atoms with E-state index in [-0.39, 0.29) is 10.6 Å². The third kappa shape index (κ3) is 2.87. The molecule has 0 saturated carbocycles. The number of hydrogen-bond donors (Lipinski definition) is 0. The minimum atomic E-state index is -3.95. The van der Waals surface area contributed by atoms with Crippen LogP contribution in [0.3, 0.4) is 0 Å². The van der Waals surface area contributed by atoms with Gasteiger partial charge < -0.3 is 8.60 Å². The summed E-state index contributed by atoms with van der Waals surface area (Å²) < 4.78 is 34.6. The molecule has 3 rings (SSSR count). The maximum Gasteiger partial charge on any atom is 0.339 e. The summed E-state index contributed by atoms with van der Waals surface area (Å²) in [4.78, 5) is 11.1. The molecule has 22 heavy (non-hydrogen) atoms. The van der Waals surface area contributed by atoms with E-state index in [1.807, 2.05) is 6.92 Å². The number of hydrogen-bond acceptors (Lipinski definition) is 5. The maximum atomic E-state index is 12.3. The van der Waals surface area contributed by atoms with Crippen molar-refractivity contribution in [2.75, 3.05) is 0 Å². The highest BCUT2D eigenvalue weighted by atomic mass is 32.2. The molecule has 6 heteroatoms. The summed E-state index contributed by atoms with van der Waals surface area (Å²) >= 11 is 0. The van der Waals surface area contributed by atoms with Crippen LogP contribution in [0.5, 0.6) is 5.75 Å². The molecule has 112 valence electrons. The Morgan fingerprint density at radius 1 is 0.955 bits per heavy atom. The Morgan fingerprint density at radius 3 is 2.41 bits per heavy atom. The number of aryl methyl sites for hydroxylation is 1. The average molecular weight is 316 g/mol. The van der Waals surface area contributed by atoms with Crippen molar-refractivity contribution in [1.82, 2.24) is 0 Å². The first-order valence-corrected chi connectivity index (χ1v) is 7.90. The first kappa shape index (κ1) is 14.3. The molecule has 0 N–H and O–H groups in total. The van der Waals surface area contributed by atoms with Crippen molar-refractivity contribution in [2.24, 2.45) is 0 Å². The number of rotatable bonds is 3. The Balaban J connectivity index is 1.99. The second-order valence-electron chi connectivity index (χ2n) is 4.80. The monoisotopic (exact) mass is 316 g/mol. The summed E-state index contributed by atoms with van der Waals surface area (Å²) in [6.45, 7) is 1.90. The van der Waals surface area contributed by atoms with E-state index in [0.29, 0.717) is 11.0 Å². The maximum absolute atomic E-state index is 12.3. The van der Waals surface area contributed by atoms with Gasteiger partial charge in [0.25, 0.3) is 0 Å². The van der Waals surface area contributed by atoms with Gasteiger partial charge in [0.1, 0.15) is 16.2 Å². The summed E-state index contributed by atoms with van der Waals surface area (Å²) in [5.41, 5.74) is 0.839. The lowest BCUT2D eigenvalue weighted by Gasteiger charge is -2.07. The highest BCUT2D eigenvalue weighted by molar-refractivity contribution is 7.87. The summed E-state index contributed by atoms with van der Waals surface area (Å²) in [5.74, 6) is 0.241. The second kappa shape index (κ2) is 5.31. The average Bonchev–Trinajstić information content (AvgIpc) is 2.49. The molecule has 0 aliphatic rings. The molecular formula is C16H12O5S. The molecular weight excluding hydrogens is 304 g/mol. The Labute approximate surface area is 126 Å². The lowest BCUT2D eigenvalue weighted by Crippen LogP contribution is -2.09. The van der Waals surface area contributed by atoms with Crippen LogP contribution in [-0.2, 0) is 10.1 Å². The van der Waals surface area contributed by atoms with Crippen molar-refractivity contribution in [3.63, 3.8) is 0 Å². The molecule has 0 atom stereocenters. The summed E-state index contributed by atoms with van der Waals surface area (Å²) in [6, 6.07) is 13.6. The minimum absolute atomic E-state index is 0.00516. The summed E-state index contributed by atoms with van der Waals surface area (Å²) in [5, 5.41) is 0.508. The quantitative estimate of drug-likeness (QED) is 0.549. The smallest absolute Gasteiger partial charge is 0.339 e. The predicted octanol–water partition coefficient (Wildman–Crippen LogP) is 2.87. The molecule has 0 amide bonds. The third-order valence-electron chi connectivity index (χ3n) is 3.11. The van der Waals surface area contributed by atoms with Crippen molar-refractivity contribution in [2.45, 2.75) is 11.8 Å². The molecule has 0 saturated heterocycles. The van der Waals surface area contributed by atoms with Gasteiger partial charge >= 0.3 is 15.7 Å². The molecule has 0 spiro atoms. The largest absolute Gasteiger partial charge is 0.423 e. The van der Waals surface area contributed by atoms with E-state index in [2.05, 4.69) is 0 Å². The normalized spacial score (nSPS) is 11.5. The lowest BCUT2D eigenvalue weighted by molar-refractivity contribution is 0.486. The van der Waals surface area contributed by atoms with Gasteiger partial charge in [-0.15, -0.1) is 0 Å². The van der Waals surface area contributed by atoms with Gasteiger partial charge in [0, 0.05) is 11.5 Å². The molecule has 0 aliphatic carbocycles. The van der Waals surface area contributed by atoms with E-state index in [1.165, 1.54) is 30.3 Å². The highest BCUT2D eigenvalue weighted by Crippen LogP contribution is 2.22. The summed E-state index contributed by atoms with van der Waals surface area (Å²) in [6.07, 6.45) is 0. The van der Waals surface area contributed by atoms with Gasteiger partial charge in [-0.3, -0.25) is 0 Å². The number of benzene rings is 2. The van der Waals surface area contributed by atoms with E-state index in [1.54, 1.807) is 24.3 Å². The molecule has 0 radical (unpaired) electrons. The minimum Gasteiger partial charge on any atom is -0.423 e. The van der Waals surface area contributed by atoms with Crippen LogP contribution in [0.25, 0.3) is 11.0 Å². The van der Waals surface area contributed by atoms with Crippen molar-refractivity contribution < 1.29 is 17.0 Å². The van der Waals surface area contributed by atoms with Crippen molar-refractivity contribution in [3.05, 3.63) is 70.6 Å². The zero-order valence-electron chi connectivity index (χ0n) is 11.6. The van der Waals surface area contributed by atoms with E-state index in [4.69, 9.17) is 8.60 Å². The van der Waals surface area contributed by atoms with E-state index in [9.17, 15) is 13.2 Å². The zero-order valence-corrected chi connectivity index (χ0v) is 12.5. The molecule has 0 unspecified atom stereocenters. The second-order valence-corrected chi connectivity index (χ2v) is 6.35. The lowest BCUT2D eigenvalue weighted by atomic mass is 10.2. The first-order chi connectivity index (χ1) is 10.4. The van der Waals surface area contributed by atoms with Gasteiger partial charge in [0.2, 0.25) is 0 Å². The highest BCUT2D eigenvalue weighted by Gasteiger charge is 2.17. The van der Waals surface area contributed by atoms with Gasteiger partial charge in [-0.25, -0.2) is 4.79 Å². The van der Waals surface area contributed by atoms with Crippen LogP contribution in [0, 0.1) is 6.92 Å². The molecule has 0 aliphatic heterocycles. The first-order valence-electron chi connectivity index (χ1n) is 6.49. The van der Waals surface area contributed by atoms with Crippen LogP contribution in [0.1, 0.15) is 5.56 Å². The summed E-state index contributed by atoms with van der Waals surface area (Å²) in [7, 11) is -3.95. The molecule has 1 heterocycles. The fourth-order valence-corrected chi connectivity index (χ4v) is 2.94. The van der Waals surface area contributed by atoms with Gasteiger partial charge in [0.15, 0.2) is 0 Å². The molecule has 2 aromatic carbocycles. The van der Waals surface area contributed by atoms with Crippen molar-refractivity contribution in [3.8, 4) is 5.75 Å². The third-order valence-corrected chi connectivity index (χ3v) is 4.35. The van der Waals surface area contributed by atoms with Crippen LogP contribution < -0.4 is 9.81 Å². The fraction of sp³-hybridized carbons (Fsp3) is 0.0625. The van der Waals surface area contributed by atoms with Crippen LogP contribution in [0.4, 0.5) is 0 Å². The van der Waals surface area contributed by atoms with Crippen LogP contribution >= 0.6 is 0 Å². The van der Waals surface area contributed by atoms with Crippen molar-refractivity contribution >= 4 is 21.1 Å². The fourth-order valence-electron chi connectivity index (χ4n) is 1.97. The van der Waals surface area contributed by atoms with Crippen molar-refractivity contribution in [1.29, 1.82) is 0 Å². The van der Waals surface area contributed by atoms with Gasteiger partial charge in [-0.05, 0) is 43.3 Å². The Morgan fingerprint density at radius 2 is 1.68 bits per heavy atom. The Hall–Kier alpha value is -2.60. The standard InChI is InChI=1S/C16H12O5S/c1-11-2-5-13(6-3-11)21-22(18,19)14-7-8-15-12(10-14)4-9-16(17)20-15/h2-10H,1H3. The van der Waals surface area contributed by atoms with Crippen LogP contribution in [0.15, 0.2) is 68.7 Å². The van der Waals surface area contributed by atoms with E-state index >= 15 is 0 Å². The van der Waals surface area contributed by atoms with Crippen LogP contribution in [0.2, 0.25) is 0 Å².